The normalized spacial score (nSPS) is 16.9. The van der Waals surface area contributed by atoms with Crippen molar-refractivity contribution in [3.05, 3.63) is 95.2 Å². The van der Waals surface area contributed by atoms with E-state index in [4.69, 9.17) is 4.74 Å². The average molecular weight is 400 g/mol. The Morgan fingerprint density at radius 2 is 1.60 bits per heavy atom. The SMILES string of the molecule is CC1=C(C(=O)OCc2ccccc2)[C@H](c2ccc3ccccc3c2)N(C)C(=O)N1C. The van der Waals surface area contributed by atoms with E-state index >= 15 is 0 Å². The van der Waals surface area contributed by atoms with Crippen molar-refractivity contribution in [3.63, 3.8) is 0 Å². The van der Waals surface area contributed by atoms with Crippen LogP contribution in [-0.2, 0) is 16.1 Å². The van der Waals surface area contributed by atoms with Crippen LogP contribution in [0.5, 0.6) is 0 Å². The second-order valence-electron chi connectivity index (χ2n) is 7.52. The first kappa shape index (κ1) is 19.7. The van der Waals surface area contributed by atoms with Crippen molar-refractivity contribution >= 4 is 22.8 Å². The van der Waals surface area contributed by atoms with Gasteiger partial charge in [-0.15, -0.1) is 0 Å². The zero-order valence-corrected chi connectivity index (χ0v) is 17.3. The quantitative estimate of drug-likeness (QED) is 0.586. The van der Waals surface area contributed by atoms with Gasteiger partial charge in [-0.1, -0.05) is 66.7 Å². The second-order valence-corrected chi connectivity index (χ2v) is 7.52. The van der Waals surface area contributed by atoms with Crippen LogP contribution in [-0.4, -0.2) is 35.9 Å². The molecule has 1 heterocycles. The zero-order valence-electron chi connectivity index (χ0n) is 17.3. The molecular formula is C25H24N2O3. The standard InChI is InChI=1S/C25H24N2O3/c1-17-22(24(28)30-16-18-9-5-4-6-10-18)23(27(3)25(29)26(17)2)21-14-13-19-11-7-8-12-20(19)15-21/h4-15,23H,16H2,1-3H3/t23-/m0/s1. The molecule has 0 fully saturated rings. The van der Waals surface area contributed by atoms with Crippen LogP contribution in [0.1, 0.15) is 24.1 Å². The molecular weight excluding hydrogens is 376 g/mol. The van der Waals surface area contributed by atoms with Gasteiger partial charge >= 0.3 is 12.0 Å². The fourth-order valence-corrected chi connectivity index (χ4v) is 3.89. The lowest BCUT2D eigenvalue weighted by atomic mass is 9.92. The van der Waals surface area contributed by atoms with Gasteiger partial charge in [0.2, 0.25) is 0 Å². The van der Waals surface area contributed by atoms with Gasteiger partial charge in [0.1, 0.15) is 6.61 Å². The first-order valence-electron chi connectivity index (χ1n) is 9.88. The summed E-state index contributed by atoms with van der Waals surface area (Å²) in [5.74, 6) is -0.416. The summed E-state index contributed by atoms with van der Waals surface area (Å²) in [6.07, 6.45) is 0. The number of esters is 1. The Bertz CT molecular complexity index is 1140. The third-order valence-corrected chi connectivity index (χ3v) is 5.66. The molecule has 5 nitrogen and oxygen atoms in total. The number of hydrogen-bond acceptors (Lipinski definition) is 3. The Morgan fingerprint density at radius 1 is 0.933 bits per heavy atom. The number of rotatable bonds is 4. The largest absolute Gasteiger partial charge is 0.457 e. The first-order chi connectivity index (χ1) is 14.5. The Labute approximate surface area is 176 Å². The minimum absolute atomic E-state index is 0.162. The summed E-state index contributed by atoms with van der Waals surface area (Å²) in [5.41, 5.74) is 2.88. The highest BCUT2D eigenvalue weighted by atomic mass is 16.5. The van der Waals surface area contributed by atoms with Crippen LogP contribution in [0.15, 0.2) is 84.1 Å². The van der Waals surface area contributed by atoms with Gasteiger partial charge in [-0.3, -0.25) is 0 Å². The van der Waals surface area contributed by atoms with E-state index in [-0.39, 0.29) is 12.6 Å². The number of benzene rings is 3. The summed E-state index contributed by atoms with van der Waals surface area (Å²) < 4.78 is 5.65. The molecule has 1 atom stereocenters. The third-order valence-electron chi connectivity index (χ3n) is 5.66. The number of ether oxygens (including phenoxy) is 1. The van der Waals surface area contributed by atoms with Gasteiger partial charge < -0.3 is 14.5 Å². The molecule has 0 saturated carbocycles. The number of amides is 2. The number of carbonyl (C=O) groups excluding carboxylic acids is 2. The van der Waals surface area contributed by atoms with E-state index in [1.165, 1.54) is 4.90 Å². The summed E-state index contributed by atoms with van der Waals surface area (Å²) in [5, 5.41) is 2.17. The highest BCUT2D eigenvalue weighted by Gasteiger charge is 2.39. The van der Waals surface area contributed by atoms with Crippen molar-refractivity contribution in [2.24, 2.45) is 0 Å². The van der Waals surface area contributed by atoms with Crippen LogP contribution < -0.4 is 0 Å². The molecule has 2 amide bonds. The average Bonchev–Trinajstić information content (AvgIpc) is 2.78. The van der Waals surface area contributed by atoms with Crippen LogP contribution in [0.3, 0.4) is 0 Å². The van der Waals surface area contributed by atoms with E-state index in [0.717, 1.165) is 21.9 Å². The molecule has 30 heavy (non-hydrogen) atoms. The number of likely N-dealkylation sites (N-methyl/N-ethyl adjacent to an activating group) is 1. The van der Waals surface area contributed by atoms with Gasteiger partial charge in [0.05, 0.1) is 11.6 Å². The molecule has 0 saturated heterocycles. The third kappa shape index (κ3) is 3.54. The molecule has 5 heteroatoms. The molecule has 0 spiro atoms. The second kappa shape index (κ2) is 8.03. The predicted octanol–water partition coefficient (Wildman–Crippen LogP) is 4.90. The van der Waals surface area contributed by atoms with Gasteiger partial charge in [0, 0.05) is 19.8 Å². The number of fused-ring (bicyclic) bond motifs is 1. The summed E-state index contributed by atoms with van der Waals surface area (Å²) in [6, 6.07) is 23.0. The number of hydrogen-bond donors (Lipinski definition) is 0. The fourth-order valence-electron chi connectivity index (χ4n) is 3.89. The molecule has 0 radical (unpaired) electrons. The van der Waals surface area contributed by atoms with Gasteiger partial charge in [-0.25, -0.2) is 9.59 Å². The minimum atomic E-state index is -0.512. The van der Waals surface area contributed by atoms with Crippen molar-refractivity contribution in [1.82, 2.24) is 9.80 Å². The molecule has 0 aliphatic carbocycles. The van der Waals surface area contributed by atoms with Crippen molar-refractivity contribution in [1.29, 1.82) is 0 Å². The van der Waals surface area contributed by atoms with E-state index in [0.29, 0.717) is 11.3 Å². The van der Waals surface area contributed by atoms with E-state index < -0.39 is 12.0 Å². The van der Waals surface area contributed by atoms with Gasteiger partial charge in [0.25, 0.3) is 0 Å². The zero-order chi connectivity index (χ0) is 21.3. The van der Waals surface area contributed by atoms with Gasteiger partial charge in [0.15, 0.2) is 0 Å². The first-order valence-corrected chi connectivity index (χ1v) is 9.88. The Morgan fingerprint density at radius 3 is 2.33 bits per heavy atom. The lowest BCUT2D eigenvalue weighted by molar-refractivity contribution is -0.141. The molecule has 4 rings (SSSR count). The molecule has 0 bridgehead atoms. The van der Waals surface area contributed by atoms with Crippen molar-refractivity contribution in [2.75, 3.05) is 14.1 Å². The fraction of sp³-hybridized carbons (Fsp3) is 0.200. The highest BCUT2D eigenvalue weighted by molar-refractivity contribution is 5.95. The Balaban J connectivity index is 1.73. The summed E-state index contributed by atoms with van der Waals surface area (Å²) >= 11 is 0. The molecule has 0 aromatic heterocycles. The lowest BCUT2D eigenvalue weighted by Crippen LogP contribution is -2.47. The van der Waals surface area contributed by atoms with Crippen LogP contribution in [0.4, 0.5) is 4.79 Å². The number of allylic oxidation sites excluding steroid dienone is 1. The lowest BCUT2D eigenvalue weighted by Gasteiger charge is -2.39. The molecule has 3 aromatic rings. The summed E-state index contributed by atoms with van der Waals surface area (Å²) in [7, 11) is 3.39. The number of carbonyl (C=O) groups is 2. The number of urea groups is 1. The molecule has 1 aliphatic heterocycles. The van der Waals surface area contributed by atoms with E-state index in [1.807, 2.05) is 72.8 Å². The maximum atomic E-state index is 13.2. The molecule has 0 unspecified atom stereocenters. The molecule has 0 N–H and O–H groups in total. The Hall–Kier alpha value is -3.60. The molecule has 3 aromatic carbocycles. The monoisotopic (exact) mass is 400 g/mol. The van der Waals surface area contributed by atoms with Crippen LogP contribution in [0.2, 0.25) is 0 Å². The molecule has 152 valence electrons. The minimum Gasteiger partial charge on any atom is -0.457 e. The maximum Gasteiger partial charge on any atom is 0.338 e. The molecule has 1 aliphatic rings. The van der Waals surface area contributed by atoms with E-state index in [9.17, 15) is 9.59 Å². The van der Waals surface area contributed by atoms with Crippen LogP contribution >= 0.6 is 0 Å². The van der Waals surface area contributed by atoms with Crippen molar-refractivity contribution in [2.45, 2.75) is 19.6 Å². The van der Waals surface area contributed by atoms with Crippen molar-refractivity contribution in [3.8, 4) is 0 Å². The number of nitrogens with zero attached hydrogens (tertiary/aromatic N) is 2. The predicted molar refractivity (Wildman–Crippen MR) is 117 cm³/mol. The smallest absolute Gasteiger partial charge is 0.338 e. The van der Waals surface area contributed by atoms with E-state index in [1.54, 1.807) is 25.9 Å². The highest BCUT2D eigenvalue weighted by Crippen LogP contribution is 2.37. The maximum absolute atomic E-state index is 13.2. The van der Waals surface area contributed by atoms with Gasteiger partial charge in [-0.05, 0) is 34.9 Å². The van der Waals surface area contributed by atoms with Crippen molar-refractivity contribution < 1.29 is 14.3 Å². The van der Waals surface area contributed by atoms with E-state index in [2.05, 4.69) is 0 Å². The summed E-state index contributed by atoms with van der Waals surface area (Å²) in [6.45, 7) is 1.97. The Kier molecular flexibility index (Phi) is 5.27. The van der Waals surface area contributed by atoms with Gasteiger partial charge in [-0.2, -0.15) is 0 Å². The summed E-state index contributed by atoms with van der Waals surface area (Å²) in [4.78, 5) is 29.1. The van der Waals surface area contributed by atoms with Crippen LogP contribution in [0, 0.1) is 0 Å². The topological polar surface area (TPSA) is 49.9 Å². The van der Waals surface area contributed by atoms with Crippen LogP contribution in [0.25, 0.3) is 10.8 Å².